The molecule has 0 bridgehead atoms. The first-order valence-corrected chi connectivity index (χ1v) is 7.68. The molecule has 1 N–H and O–H groups in total. The number of hydrogen-bond donors (Lipinski definition) is 1. The Morgan fingerprint density at radius 3 is 3.00 bits per heavy atom. The van der Waals surface area contributed by atoms with E-state index in [4.69, 9.17) is 10.00 Å². The molecule has 2 heterocycles. The van der Waals surface area contributed by atoms with Gasteiger partial charge in [0.2, 0.25) is 0 Å². The second-order valence-electron chi connectivity index (χ2n) is 5.53. The van der Waals surface area contributed by atoms with Gasteiger partial charge in [0.25, 0.3) is 0 Å². The highest BCUT2D eigenvalue weighted by molar-refractivity contribution is 5.95. The van der Waals surface area contributed by atoms with E-state index in [0.29, 0.717) is 18.7 Å². The van der Waals surface area contributed by atoms with Crippen molar-refractivity contribution >= 4 is 5.78 Å². The molecule has 6 heteroatoms. The van der Waals surface area contributed by atoms with Gasteiger partial charge in [-0.1, -0.05) is 18.2 Å². The van der Waals surface area contributed by atoms with Crippen molar-refractivity contribution in [3.63, 3.8) is 0 Å². The summed E-state index contributed by atoms with van der Waals surface area (Å²) < 4.78 is 19.9. The van der Waals surface area contributed by atoms with Gasteiger partial charge in [0, 0.05) is 19.5 Å². The summed E-state index contributed by atoms with van der Waals surface area (Å²) in [6.07, 6.45) is -0.274. The molecule has 5 nitrogen and oxygen atoms in total. The zero-order valence-electron chi connectivity index (χ0n) is 13.0. The minimum atomic E-state index is -0.438. The summed E-state index contributed by atoms with van der Waals surface area (Å²) in [5.41, 5.74) is 1.38. The van der Waals surface area contributed by atoms with E-state index in [0.717, 1.165) is 12.1 Å². The average molecular weight is 325 g/mol. The quantitative estimate of drug-likeness (QED) is 0.872. The molecule has 2 aromatic rings. The standard InChI is InChI=1S/C18H16FN3O2/c19-15-8-13(18-11-21-6-7-24-18)5-4-12(15)9-17(23)16-3-1-2-14(10-20)22-16/h1-5,8,18,21H,6-7,9,11H2/t18-/m1/s1. The van der Waals surface area contributed by atoms with Crippen LogP contribution in [0.5, 0.6) is 0 Å². The number of rotatable bonds is 4. The molecule has 0 spiro atoms. The van der Waals surface area contributed by atoms with Crippen LogP contribution in [0.15, 0.2) is 36.4 Å². The molecule has 0 aliphatic carbocycles. The number of nitrogens with zero attached hydrogens (tertiary/aromatic N) is 2. The fraction of sp³-hybridized carbons (Fsp3) is 0.278. The molecule has 122 valence electrons. The van der Waals surface area contributed by atoms with Crippen molar-refractivity contribution in [3.8, 4) is 6.07 Å². The van der Waals surface area contributed by atoms with Gasteiger partial charge < -0.3 is 10.1 Å². The number of pyridine rings is 1. The summed E-state index contributed by atoms with van der Waals surface area (Å²) in [4.78, 5) is 16.2. The van der Waals surface area contributed by atoms with Crippen molar-refractivity contribution in [1.82, 2.24) is 10.3 Å². The number of morpholine rings is 1. The van der Waals surface area contributed by atoms with Crippen LogP contribution in [0.3, 0.4) is 0 Å². The van der Waals surface area contributed by atoms with Gasteiger partial charge in [-0.2, -0.15) is 5.26 Å². The summed E-state index contributed by atoms with van der Waals surface area (Å²) in [5, 5.41) is 12.0. The van der Waals surface area contributed by atoms with Crippen LogP contribution >= 0.6 is 0 Å². The molecular weight excluding hydrogens is 309 g/mol. The molecule has 1 aromatic heterocycles. The number of carbonyl (C=O) groups excluding carboxylic acids is 1. The summed E-state index contributed by atoms with van der Waals surface area (Å²) in [6.45, 7) is 2.02. The smallest absolute Gasteiger partial charge is 0.185 e. The Labute approximate surface area is 139 Å². The number of carbonyl (C=O) groups is 1. The Morgan fingerprint density at radius 2 is 2.29 bits per heavy atom. The molecule has 0 radical (unpaired) electrons. The number of benzene rings is 1. The monoisotopic (exact) mass is 325 g/mol. The highest BCUT2D eigenvalue weighted by Crippen LogP contribution is 2.22. The SMILES string of the molecule is N#Cc1cccc(C(=O)Cc2ccc([C@H]3CNCCO3)cc2F)n1. The Bertz CT molecular complexity index is 795. The van der Waals surface area contributed by atoms with E-state index in [1.807, 2.05) is 6.07 Å². The largest absolute Gasteiger partial charge is 0.371 e. The van der Waals surface area contributed by atoms with E-state index >= 15 is 0 Å². The fourth-order valence-corrected chi connectivity index (χ4v) is 2.60. The fourth-order valence-electron chi connectivity index (χ4n) is 2.60. The molecule has 1 aliphatic heterocycles. The highest BCUT2D eigenvalue weighted by atomic mass is 19.1. The van der Waals surface area contributed by atoms with Gasteiger partial charge in [-0.05, 0) is 29.3 Å². The summed E-state index contributed by atoms with van der Waals surface area (Å²) in [6, 6.07) is 11.3. The molecule has 3 rings (SSSR count). The highest BCUT2D eigenvalue weighted by Gasteiger charge is 2.18. The van der Waals surface area contributed by atoms with Gasteiger partial charge in [-0.3, -0.25) is 4.79 Å². The number of nitriles is 1. The van der Waals surface area contributed by atoms with Gasteiger partial charge in [-0.15, -0.1) is 0 Å². The van der Waals surface area contributed by atoms with Gasteiger partial charge in [0.1, 0.15) is 23.3 Å². The minimum Gasteiger partial charge on any atom is -0.371 e. The maximum atomic E-state index is 14.3. The topological polar surface area (TPSA) is 75.0 Å². The van der Waals surface area contributed by atoms with Crippen molar-refractivity contribution in [2.24, 2.45) is 0 Å². The third-order valence-electron chi connectivity index (χ3n) is 3.88. The van der Waals surface area contributed by atoms with Gasteiger partial charge >= 0.3 is 0 Å². The van der Waals surface area contributed by atoms with Gasteiger partial charge in [-0.25, -0.2) is 9.37 Å². The molecule has 24 heavy (non-hydrogen) atoms. The maximum Gasteiger partial charge on any atom is 0.185 e. The molecule has 1 saturated heterocycles. The molecule has 0 amide bonds. The molecule has 1 aliphatic rings. The number of hydrogen-bond acceptors (Lipinski definition) is 5. The molecule has 0 saturated carbocycles. The Balaban J connectivity index is 1.75. The third kappa shape index (κ3) is 3.65. The van der Waals surface area contributed by atoms with Crippen molar-refractivity contribution in [2.75, 3.05) is 19.7 Å². The average Bonchev–Trinajstić information content (AvgIpc) is 2.64. The predicted octanol–water partition coefficient (Wildman–Crippen LogP) is 2.18. The van der Waals surface area contributed by atoms with Gasteiger partial charge in [0.15, 0.2) is 5.78 Å². The van der Waals surface area contributed by atoms with Crippen LogP contribution in [0, 0.1) is 17.1 Å². The molecule has 1 fully saturated rings. The van der Waals surface area contributed by atoms with Crippen LogP contribution in [0.2, 0.25) is 0 Å². The number of nitrogens with one attached hydrogen (secondary N) is 1. The third-order valence-corrected chi connectivity index (χ3v) is 3.88. The lowest BCUT2D eigenvalue weighted by molar-refractivity contribution is 0.0275. The summed E-state index contributed by atoms with van der Waals surface area (Å²) >= 11 is 0. The second kappa shape index (κ2) is 7.30. The molecular formula is C18H16FN3O2. The number of Topliss-reactive ketones (excluding diaryl/α,β-unsaturated/α-hetero) is 1. The number of ketones is 1. The van der Waals surface area contributed by atoms with E-state index in [2.05, 4.69) is 10.3 Å². The number of halogens is 1. The van der Waals surface area contributed by atoms with Crippen LogP contribution < -0.4 is 5.32 Å². The second-order valence-corrected chi connectivity index (χ2v) is 5.53. The lowest BCUT2D eigenvalue weighted by Gasteiger charge is -2.24. The molecule has 0 unspecified atom stereocenters. The van der Waals surface area contributed by atoms with E-state index in [-0.39, 0.29) is 29.7 Å². The van der Waals surface area contributed by atoms with Crippen molar-refractivity contribution < 1.29 is 13.9 Å². The van der Waals surface area contributed by atoms with E-state index in [1.54, 1.807) is 18.2 Å². The van der Waals surface area contributed by atoms with Crippen LogP contribution in [0.25, 0.3) is 0 Å². The lowest BCUT2D eigenvalue weighted by Crippen LogP contribution is -2.33. The van der Waals surface area contributed by atoms with E-state index in [9.17, 15) is 9.18 Å². The zero-order valence-corrected chi connectivity index (χ0v) is 13.0. The van der Waals surface area contributed by atoms with E-state index in [1.165, 1.54) is 18.2 Å². The Morgan fingerprint density at radius 1 is 1.42 bits per heavy atom. The van der Waals surface area contributed by atoms with Crippen LogP contribution in [-0.4, -0.2) is 30.5 Å². The molecule has 1 atom stereocenters. The first-order valence-electron chi connectivity index (χ1n) is 7.68. The summed E-state index contributed by atoms with van der Waals surface area (Å²) in [7, 11) is 0. The minimum absolute atomic E-state index is 0.0994. The predicted molar refractivity (Wildman–Crippen MR) is 84.9 cm³/mol. The van der Waals surface area contributed by atoms with Crippen LogP contribution in [-0.2, 0) is 11.2 Å². The van der Waals surface area contributed by atoms with Crippen molar-refractivity contribution in [3.05, 3.63) is 64.7 Å². The summed E-state index contributed by atoms with van der Waals surface area (Å²) in [5.74, 6) is -0.763. The lowest BCUT2D eigenvalue weighted by atomic mass is 10.0. The Hall–Kier alpha value is -2.62. The van der Waals surface area contributed by atoms with Crippen LogP contribution in [0.1, 0.15) is 33.4 Å². The normalized spacial score (nSPS) is 17.2. The maximum absolute atomic E-state index is 14.3. The van der Waals surface area contributed by atoms with Gasteiger partial charge in [0.05, 0.1) is 12.7 Å². The molecule has 1 aromatic carbocycles. The Kier molecular flexibility index (Phi) is 4.94. The first kappa shape index (κ1) is 16.2. The number of aromatic nitrogens is 1. The number of ether oxygens (including phenoxy) is 1. The van der Waals surface area contributed by atoms with Crippen LogP contribution in [0.4, 0.5) is 4.39 Å². The van der Waals surface area contributed by atoms with Crippen molar-refractivity contribution in [1.29, 1.82) is 5.26 Å². The first-order chi connectivity index (χ1) is 11.7. The zero-order chi connectivity index (χ0) is 16.9. The van der Waals surface area contributed by atoms with Crippen molar-refractivity contribution in [2.45, 2.75) is 12.5 Å². The van der Waals surface area contributed by atoms with E-state index < -0.39 is 5.82 Å².